The highest BCUT2D eigenvalue weighted by atomic mass is 31.2. The van der Waals surface area contributed by atoms with E-state index in [0.29, 0.717) is 13.0 Å². The summed E-state index contributed by atoms with van der Waals surface area (Å²) in [7, 11) is -5.02. The van der Waals surface area contributed by atoms with Crippen LogP contribution in [0.5, 0.6) is 0 Å². The smallest absolute Gasteiger partial charge is 0.457 e. The highest BCUT2D eigenvalue weighted by Gasteiger charge is 2.51. The number of esters is 1. The quantitative estimate of drug-likeness (QED) is 0.0157. The summed E-state index contributed by atoms with van der Waals surface area (Å²) in [6.07, 6.45) is 25.0. The van der Waals surface area contributed by atoms with Gasteiger partial charge in [-0.3, -0.25) is 13.8 Å². The first kappa shape index (κ1) is 51.6. The molecule has 0 aromatic heterocycles. The third-order valence-electron chi connectivity index (χ3n) is 9.74. The Labute approximate surface area is 332 Å². The van der Waals surface area contributed by atoms with E-state index in [9.17, 15) is 39.8 Å². The molecule has 6 unspecified atom stereocenters. The Morgan fingerprint density at radius 1 is 0.582 bits per heavy atom. The van der Waals surface area contributed by atoms with Crippen molar-refractivity contribution in [2.24, 2.45) is 0 Å². The second-order valence-corrected chi connectivity index (χ2v) is 16.2. The molecule has 0 bridgehead atoms. The molecule has 6 N–H and O–H groups in total. The number of hydrogen-bond acceptors (Lipinski definition) is 11. The largest absolute Gasteiger partial charge is 0.472 e. The van der Waals surface area contributed by atoms with Gasteiger partial charge in [-0.15, -0.1) is 0 Å². The first-order chi connectivity index (χ1) is 26.5. The maximum Gasteiger partial charge on any atom is 0.472 e. The second kappa shape index (κ2) is 33.5. The molecule has 0 radical (unpaired) electrons. The molecule has 1 aliphatic rings. The summed E-state index contributed by atoms with van der Waals surface area (Å²) in [5, 5.41) is 50.0. The number of aliphatic hydroxyl groups excluding tert-OH is 5. The number of phosphoric ester groups is 1. The number of carbonyl (C=O) groups excluding carboxylic acids is 1. The maximum atomic E-state index is 12.8. The lowest BCUT2D eigenvalue weighted by Gasteiger charge is -2.41. The first-order valence-corrected chi connectivity index (χ1v) is 22.8. The van der Waals surface area contributed by atoms with Crippen molar-refractivity contribution in [3.05, 3.63) is 36.5 Å². The topological polar surface area (TPSA) is 192 Å². The van der Waals surface area contributed by atoms with Crippen molar-refractivity contribution in [3.8, 4) is 0 Å². The van der Waals surface area contributed by atoms with E-state index in [1.807, 2.05) is 0 Å². The van der Waals surface area contributed by atoms with Crippen molar-refractivity contribution >= 4 is 13.8 Å². The molecule has 0 saturated heterocycles. The van der Waals surface area contributed by atoms with Crippen LogP contribution in [0.1, 0.15) is 162 Å². The summed E-state index contributed by atoms with van der Waals surface area (Å²) in [6, 6.07) is 0. The van der Waals surface area contributed by atoms with Crippen LogP contribution in [-0.4, -0.2) is 98.9 Å². The van der Waals surface area contributed by atoms with E-state index in [1.165, 1.54) is 51.4 Å². The Bertz CT molecular complexity index is 1050. The minimum atomic E-state index is -5.02. The molecule has 1 fully saturated rings. The molecule has 1 rings (SSSR count). The molecule has 12 nitrogen and oxygen atoms in total. The third kappa shape index (κ3) is 26.2. The molecule has 0 aliphatic heterocycles. The van der Waals surface area contributed by atoms with Crippen molar-refractivity contribution in [2.45, 2.75) is 204 Å². The minimum Gasteiger partial charge on any atom is -0.457 e. The van der Waals surface area contributed by atoms with Gasteiger partial charge in [0.1, 0.15) is 42.7 Å². The van der Waals surface area contributed by atoms with E-state index in [-0.39, 0.29) is 13.0 Å². The number of unbranched alkanes of at least 4 members (excludes halogenated alkanes) is 17. The van der Waals surface area contributed by atoms with E-state index >= 15 is 0 Å². The maximum absolute atomic E-state index is 12.8. The number of phosphoric acid groups is 1. The van der Waals surface area contributed by atoms with Crippen LogP contribution >= 0.6 is 7.82 Å². The molecule has 13 heteroatoms. The summed E-state index contributed by atoms with van der Waals surface area (Å²) in [4.78, 5) is 23.0. The second-order valence-electron chi connectivity index (χ2n) is 14.8. The highest BCUT2D eigenvalue weighted by molar-refractivity contribution is 7.47. The fraction of sp³-hybridized carbons (Fsp3) is 0.833. The van der Waals surface area contributed by atoms with Crippen molar-refractivity contribution in [1.29, 1.82) is 0 Å². The van der Waals surface area contributed by atoms with Gasteiger partial charge in [-0.1, -0.05) is 121 Å². The van der Waals surface area contributed by atoms with Gasteiger partial charge in [0.15, 0.2) is 0 Å². The van der Waals surface area contributed by atoms with Gasteiger partial charge in [-0.2, -0.15) is 0 Å². The lowest BCUT2D eigenvalue weighted by atomic mass is 9.85. The van der Waals surface area contributed by atoms with Crippen LogP contribution in [0.15, 0.2) is 36.5 Å². The number of ether oxygens (including phenoxy) is 2. The monoisotopic (exact) mass is 805 g/mol. The van der Waals surface area contributed by atoms with Gasteiger partial charge >= 0.3 is 13.8 Å². The molecule has 0 spiro atoms. The summed E-state index contributed by atoms with van der Waals surface area (Å²) < 4.78 is 34.0. The van der Waals surface area contributed by atoms with Gasteiger partial charge in [0.2, 0.25) is 0 Å². The van der Waals surface area contributed by atoms with Crippen LogP contribution in [0.25, 0.3) is 0 Å². The molecule has 0 heterocycles. The number of allylic oxidation sites excluding steroid dienone is 6. The number of hydrogen-bond donors (Lipinski definition) is 6. The lowest BCUT2D eigenvalue weighted by Crippen LogP contribution is -2.64. The van der Waals surface area contributed by atoms with Gasteiger partial charge in [0.25, 0.3) is 0 Å². The molecular weight excluding hydrogens is 727 g/mol. The predicted octanol–water partition coefficient (Wildman–Crippen LogP) is 7.92. The molecule has 1 saturated carbocycles. The summed E-state index contributed by atoms with van der Waals surface area (Å²) >= 11 is 0. The van der Waals surface area contributed by atoms with Crippen molar-refractivity contribution < 1.29 is 58.3 Å². The van der Waals surface area contributed by atoms with Gasteiger partial charge in [-0.05, 0) is 70.6 Å². The molecule has 0 aromatic rings. The molecule has 1 aliphatic carbocycles. The van der Waals surface area contributed by atoms with Crippen LogP contribution in [0.3, 0.4) is 0 Å². The number of aliphatic hydroxyl groups is 5. The summed E-state index contributed by atoms with van der Waals surface area (Å²) in [5.41, 5.74) is 0. The zero-order valence-electron chi connectivity index (χ0n) is 34.0. The highest BCUT2D eigenvalue weighted by Crippen LogP contribution is 2.47. The third-order valence-corrected chi connectivity index (χ3v) is 10.7. The average molecular weight is 805 g/mol. The molecule has 0 amide bonds. The standard InChI is InChI=1S/C42H77O12P/c1-3-5-7-9-11-13-15-17-18-19-20-22-24-26-28-30-32-51-33-35(53-36(43)31-29-27-25-23-21-16-14-12-10-8-6-4-2)34-52-55(49,50)54-42-40(47)38(45)37(44)39(46)41(42)48/h11-14,17-18,35,37-42,44-48H,3-10,15-16,19-34H2,1-2H3,(H,49,50)/b13-11-,14-12-,18-17-. The minimum absolute atomic E-state index is 0.0870. The summed E-state index contributed by atoms with van der Waals surface area (Å²) in [6.45, 7) is 4.16. The number of rotatable bonds is 35. The molecule has 0 aromatic carbocycles. The Balaban J connectivity index is 2.44. The predicted molar refractivity (Wildman–Crippen MR) is 216 cm³/mol. The fourth-order valence-electron chi connectivity index (χ4n) is 6.26. The van der Waals surface area contributed by atoms with E-state index in [1.54, 1.807) is 0 Å². The Hall–Kier alpha value is -1.44. The molecule has 322 valence electrons. The van der Waals surface area contributed by atoms with Crippen molar-refractivity contribution in [3.63, 3.8) is 0 Å². The van der Waals surface area contributed by atoms with E-state index in [0.717, 1.165) is 83.5 Å². The SMILES string of the molecule is CCCCC/C=C\C/C=C\CCCCCCCCOCC(COP(=O)(O)OC1C(O)C(O)C(O)C(O)C1O)OC(=O)CCCCCCC/C=C\CCCCC. The molecular formula is C42H77O12P. The van der Waals surface area contributed by atoms with Gasteiger partial charge in [0.05, 0.1) is 13.2 Å². The van der Waals surface area contributed by atoms with Crippen LogP contribution in [0.2, 0.25) is 0 Å². The van der Waals surface area contributed by atoms with Gasteiger partial charge in [0, 0.05) is 13.0 Å². The fourth-order valence-corrected chi connectivity index (χ4v) is 7.23. The van der Waals surface area contributed by atoms with Gasteiger partial charge in [-0.25, -0.2) is 4.57 Å². The Kier molecular flexibility index (Phi) is 31.4. The van der Waals surface area contributed by atoms with Crippen LogP contribution < -0.4 is 0 Å². The molecule has 6 atom stereocenters. The van der Waals surface area contributed by atoms with Crippen molar-refractivity contribution in [1.82, 2.24) is 0 Å². The first-order valence-electron chi connectivity index (χ1n) is 21.3. The van der Waals surface area contributed by atoms with E-state index in [4.69, 9.17) is 18.5 Å². The number of carbonyl (C=O) groups is 1. The van der Waals surface area contributed by atoms with Crippen molar-refractivity contribution in [2.75, 3.05) is 19.8 Å². The Morgan fingerprint density at radius 3 is 1.55 bits per heavy atom. The van der Waals surface area contributed by atoms with Crippen LogP contribution in [-0.2, 0) is 27.9 Å². The van der Waals surface area contributed by atoms with Crippen LogP contribution in [0.4, 0.5) is 0 Å². The van der Waals surface area contributed by atoms with Gasteiger partial charge < -0.3 is 39.9 Å². The van der Waals surface area contributed by atoms with Crippen LogP contribution in [0, 0.1) is 0 Å². The normalized spacial score (nSPS) is 23.6. The Morgan fingerprint density at radius 2 is 1.02 bits per heavy atom. The van der Waals surface area contributed by atoms with E-state index < -0.39 is 63.1 Å². The lowest BCUT2D eigenvalue weighted by molar-refractivity contribution is -0.220. The average Bonchev–Trinajstić information content (AvgIpc) is 3.17. The zero-order chi connectivity index (χ0) is 40.6. The van der Waals surface area contributed by atoms with E-state index in [2.05, 4.69) is 50.3 Å². The zero-order valence-corrected chi connectivity index (χ0v) is 34.9. The molecule has 55 heavy (non-hydrogen) atoms. The summed E-state index contributed by atoms with van der Waals surface area (Å²) in [5.74, 6) is -0.493.